The number of rotatable bonds is 1. The summed E-state index contributed by atoms with van der Waals surface area (Å²) in [6.45, 7) is 0. The van der Waals surface area contributed by atoms with Crippen molar-refractivity contribution in [2.75, 3.05) is 0 Å². The zero-order chi connectivity index (χ0) is 11.7. The van der Waals surface area contributed by atoms with Crippen LogP contribution in [0.3, 0.4) is 0 Å². The Morgan fingerprint density at radius 3 is 2.61 bits per heavy atom. The number of aromatic nitrogens is 1. The molecule has 0 spiro atoms. The molecule has 3 rings (SSSR count). The Hall–Kier alpha value is -1.57. The molecule has 3 heteroatoms. The van der Waals surface area contributed by atoms with Gasteiger partial charge in [0.25, 0.3) is 0 Å². The summed E-state index contributed by atoms with van der Waals surface area (Å²) in [7, 11) is 0. The molecule has 3 aromatic rings. The smallest absolute Gasteiger partial charge is 0.130 e. The van der Waals surface area contributed by atoms with Crippen molar-refractivity contribution >= 4 is 10.8 Å². The molecule has 1 nitrogen and oxygen atoms in total. The molecule has 0 atom stereocenters. The normalized spacial score (nSPS) is 10.1. The van der Waals surface area contributed by atoms with Crippen LogP contribution in [-0.2, 0) is 20.1 Å². The average Bonchev–Trinajstić information content (AvgIpc) is 2.40. The van der Waals surface area contributed by atoms with E-state index in [0.29, 0.717) is 5.39 Å². The third-order valence-electron chi connectivity index (χ3n) is 2.72. The quantitative estimate of drug-likeness (QED) is 0.552. The Morgan fingerprint density at radius 2 is 1.83 bits per heavy atom. The van der Waals surface area contributed by atoms with Gasteiger partial charge in [0.1, 0.15) is 5.82 Å². The van der Waals surface area contributed by atoms with Crippen molar-refractivity contribution in [3.8, 4) is 11.3 Å². The molecule has 0 amide bonds. The van der Waals surface area contributed by atoms with Gasteiger partial charge in [-0.3, -0.25) is 0 Å². The molecule has 18 heavy (non-hydrogen) atoms. The predicted octanol–water partition coefficient (Wildman–Crippen LogP) is 3.84. The Kier molecular flexibility index (Phi) is 3.85. The third kappa shape index (κ3) is 2.20. The summed E-state index contributed by atoms with van der Waals surface area (Å²) in [6, 6.07) is 17.4. The summed E-state index contributed by atoms with van der Waals surface area (Å²) in [5.41, 5.74) is 1.64. The van der Waals surface area contributed by atoms with Crippen LogP contribution < -0.4 is 0 Å². The van der Waals surface area contributed by atoms with Gasteiger partial charge in [-0.15, -0.1) is 35.9 Å². The minimum absolute atomic E-state index is 0. The number of hydrogen-bond acceptors (Lipinski definition) is 1. The summed E-state index contributed by atoms with van der Waals surface area (Å²) < 4.78 is 13.6. The fraction of sp³-hybridized carbons (Fsp3) is 0. The second kappa shape index (κ2) is 5.38. The van der Waals surface area contributed by atoms with Crippen LogP contribution in [0.25, 0.3) is 22.0 Å². The summed E-state index contributed by atoms with van der Waals surface area (Å²) in [4.78, 5) is 4.32. The van der Waals surface area contributed by atoms with Gasteiger partial charge in [-0.2, -0.15) is 0 Å². The molecule has 0 bridgehead atoms. The van der Waals surface area contributed by atoms with Crippen LogP contribution in [0.1, 0.15) is 0 Å². The minimum Gasteiger partial charge on any atom is -0.304 e. The van der Waals surface area contributed by atoms with E-state index < -0.39 is 0 Å². The fourth-order valence-electron chi connectivity index (χ4n) is 1.92. The first-order chi connectivity index (χ1) is 8.36. The first-order valence-electron chi connectivity index (χ1n) is 5.36. The zero-order valence-electron chi connectivity index (χ0n) is 9.35. The van der Waals surface area contributed by atoms with Crippen LogP contribution in [0.5, 0.6) is 0 Å². The fourth-order valence-corrected chi connectivity index (χ4v) is 1.92. The monoisotopic (exact) mass is 415 g/mol. The molecule has 1 aromatic heterocycles. The maximum atomic E-state index is 13.6. The van der Waals surface area contributed by atoms with E-state index in [4.69, 9.17) is 0 Å². The summed E-state index contributed by atoms with van der Waals surface area (Å²) in [5.74, 6) is -0.220. The van der Waals surface area contributed by atoms with Crippen molar-refractivity contribution in [2.24, 2.45) is 0 Å². The van der Waals surface area contributed by atoms with Crippen LogP contribution in [0.2, 0.25) is 0 Å². The molecule has 0 fully saturated rings. The molecule has 0 N–H and O–H groups in total. The number of hydrogen-bond donors (Lipinski definition) is 0. The van der Waals surface area contributed by atoms with Gasteiger partial charge in [-0.25, -0.2) is 4.39 Å². The van der Waals surface area contributed by atoms with Crippen molar-refractivity contribution in [2.45, 2.75) is 0 Å². The standard InChI is InChI=1S/C15H9FN.Ir/c16-14-8-4-7-13-12(14)9-10-17-15(13)11-5-2-1-3-6-11;/h1-5,7-10H;/q-1;. The van der Waals surface area contributed by atoms with Crippen LogP contribution >= 0.6 is 0 Å². The number of benzene rings is 2. The largest absolute Gasteiger partial charge is 0.304 e. The number of fused-ring (bicyclic) bond motifs is 1. The van der Waals surface area contributed by atoms with Gasteiger partial charge in [0.15, 0.2) is 0 Å². The molecule has 1 radical (unpaired) electrons. The molecule has 91 valence electrons. The Bertz CT molecular complexity index is 668. The first-order valence-corrected chi connectivity index (χ1v) is 5.36. The second-order valence-electron chi connectivity index (χ2n) is 3.77. The topological polar surface area (TPSA) is 12.9 Å². The van der Waals surface area contributed by atoms with Crippen molar-refractivity contribution in [3.05, 3.63) is 66.6 Å². The summed E-state index contributed by atoms with van der Waals surface area (Å²) in [5, 5.41) is 1.41. The Morgan fingerprint density at radius 1 is 0.944 bits per heavy atom. The van der Waals surface area contributed by atoms with Crippen LogP contribution in [0.4, 0.5) is 4.39 Å². The third-order valence-corrected chi connectivity index (χ3v) is 2.72. The molecular formula is C15H9FIrN-. The first kappa shape index (κ1) is 12.9. The van der Waals surface area contributed by atoms with Gasteiger partial charge in [0, 0.05) is 31.7 Å². The summed E-state index contributed by atoms with van der Waals surface area (Å²) in [6.07, 6.45) is 1.63. The van der Waals surface area contributed by atoms with Crippen molar-refractivity contribution in [3.63, 3.8) is 0 Å². The SMILES string of the molecule is Fc1cccc2c(-c3[c-]cccc3)nccc12.[Ir]. The minimum atomic E-state index is -0.220. The van der Waals surface area contributed by atoms with Crippen molar-refractivity contribution < 1.29 is 24.5 Å². The van der Waals surface area contributed by atoms with E-state index >= 15 is 0 Å². The van der Waals surface area contributed by atoms with E-state index in [1.54, 1.807) is 18.3 Å². The van der Waals surface area contributed by atoms with E-state index in [-0.39, 0.29) is 25.9 Å². The Labute approximate surface area is 118 Å². The van der Waals surface area contributed by atoms with Crippen LogP contribution in [0, 0.1) is 11.9 Å². The molecule has 0 aliphatic rings. The van der Waals surface area contributed by atoms with Crippen molar-refractivity contribution in [1.29, 1.82) is 0 Å². The van der Waals surface area contributed by atoms with Gasteiger partial charge in [0.05, 0.1) is 0 Å². The molecule has 2 aromatic carbocycles. The molecule has 0 aliphatic heterocycles. The van der Waals surface area contributed by atoms with Gasteiger partial charge < -0.3 is 4.98 Å². The molecular weight excluding hydrogens is 405 g/mol. The van der Waals surface area contributed by atoms with E-state index in [9.17, 15) is 4.39 Å². The van der Waals surface area contributed by atoms with Crippen LogP contribution in [-0.4, -0.2) is 4.98 Å². The number of nitrogens with zero attached hydrogens (tertiary/aromatic N) is 1. The maximum Gasteiger partial charge on any atom is 0.130 e. The number of halogens is 1. The van der Waals surface area contributed by atoms with Crippen molar-refractivity contribution in [1.82, 2.24) is 4.98 Å². The van der Waals surface area contributed by atoms with Crippen LogP contribution in [0.15, 0.2) is 54.7 Å². The molecule has 0 saturated heterocycles. The second-order valence-corrected chi connectivity index (χ2v) is 3.77. The molecule has 0 unspecified atom stereocenters. The van der Waals surface area contributed by atoms with E-state index in [1.165, 1.54) is 6.07 Å². The van der Waals surface area contributed by atoms with E-state index in [0.717, 1.165) is 16.6 Å². The van der Waals surface area contributed by atoms with E-state index in [2.05, 4.69) is 11.1 Å². The molecule has 1 heterocycles. The van der Waals surface area contributed by atoms with Gasteiger partial charge >= 0.3 is 0 Å². The molecule has 0 aliphatic carbocycles. The molecule has 0 saturated carbocycles. The Balaban J connectivity index is 0.00000120. The van der Waals surface area contributed by atoms with E-state index in [1.807, 2.05) is 30.3 Å². The average molecular weight is 414 g/mol. The van der Waals surface area contributed by atoms with Gasteiger partial charge in [-0.1, -0.05) is 12.1 Å². The maximum absolute atomic E-state index is 13.6. The number of pyridine rings is 1. The summed E-state index contributed by atoms with van der Waals surface area (Å²) >= 11 is 0. The predicted molar refractivity (Wildman–Crippen MR) is 66.0 cm³/mol. The zero-order valence-corrected chi connectivity index (χ0v) is 11.7. The van der Waals surface area contributed by atoms with Gasteiger partial charge in [0.2, 0.25) is 0 Å². The van der Waals surface area contributed by atoms with Gasteiger partial charge in [-0.05, 0) is 23.2 Å².